The van der Waals surface area contributed by atoms with Crippen molar-refractivity contribution < 1.29 is 27.8 Å². The zero-order chi connectivity index (χ0) is 22.6. The molecule has 4 rings (SSSR count). The molecule has 0 aliphatic carbocycles. The average Bonchev–Trinajstić information content (AvgIpc) is 2.84. The zero-order valence-electron chi connectivity index (χ0n) is 17.3. The molecule has 166 valence electrons. The molecule has 0 saturated carbocycles. The van der Waals surface area contributed by atoms with Crippen LogP contribution in [0.5, 0.6) is 5.75 Å². The Morgan fingerprint density at radius 2 is 1.56 bits per heavy atom. The number of hydrogen-bond donors (Lipinski definition) is 1. The predicted molar refractivity (Wildman–Crippen MR) is 119 cm³/mol. The fourth-order valence-electron chi connectivity index (χ4n) is 3.42. The molecule has 7 nitrogen and oxygen atoms in total. The number of carbonyl (C=O) groups excluding carboxylic acids is 1. The molecule has 0 atom stereocenters. The van der Waals surface area contributed by atoms with Crippen LogP contribution in [-0.2, 0) is 26.1 Å². The van der Waals surface area contributed by atoms with E-state index in [1.807, 2.05) is 0 Å². The number of phenols is 1. The maximum atomic E-state index is 12.8. The van der Waals surface area contributed by atoms with Gasteiger partial charge >= 0.3 is 5.97 Å². The van der Waals surface area contributed by atoms with E-state index < -0.39 is 16.0 Å². The fourth-order valence-corrected chi connectivity index (χ4v) is 4.90. The third-order valence-corrected chi connectivity index (χ3v) is 7.09. The van der Waals surface area contributed by atoms with Crippen molar-refractivity contribution in [2.45, 2.75) is 11.5 Å². The van der Waals surface area contributed by atoms with Crippen molar-refractivity contribution in [2.75, 3.05) is 26.3 Å². The molecule has 3 aromatic rings. The SMILES string of the molecule is O=C(OCc1cccc(S(=O)(=O)N2CCOCC2)c1)c1ccc(-c2ccc(O)cc2)cc1. The molecule has 1 aliphatic heterocycles. The second kappa shape index (κ2) is 9.52. The minimum atomic E-state index is -3.61. The summed E-state index contributed by atoms with van der Waals surface area (Å²) in [4.78, 5) is 12.6. The van der Waals surface area contributed by atoms with E-state index in [2.05, 4.69) is 0 Å². The summed E-state index contributed by atoms with van der Waals surface area (Å²) in [7, 11) is -3.61. The van der Waals surface area contributed by atoms with Crippen molar-refractivity contribution in [1.29, 1.82) is 0 Å². The van der Waals surface area contributed by atoms with Gasteiger partial charge in [-0.05, 0) is 53.1 Å². The van der Waals surface area contributed by atoms with Gasteiger partial charge in [0.15, 0.2) is 0 Å². The first-order chi connectivity index (χ1) is 15.4. The van der Waals surface area contributed by atoms with Gasteiger partial charge in [0.1, 0.15) is 12.4 Å². The molecule has 0 unspecified atom stereocenters. The predicted octanol–water partition coefficient (Wildman–Crippen LogP) is 3.44. The van der Waals surface area contributed by atoms with Crippen molar-refractivity contribution in [3.8, 4) is 16.9 Å². The van der Waals surface area contributed by atoms with Crippen molar-refractivity contribution >= 4 is 16.0 Å². The number of carbonyl (C=O) groups is 1. The van der Waals surface area contributed by atoms with E-state index in [4.69, 9.17) is 9.47 Å². The van der Waals surface area contributed by atoms with Crippen LogP contribution in [0.3, 0.4) is 0 Å². The van der Waals surface area contributed by atoms with Crippen LogP contribution >= 0.6 is 0 Å². The number of ether oxygens (including phenoxy) is 2. The Kier molecular flexibility index (Phi) is 6.55. The molecule has 32 heavy (non-hydrogen) atoms. The van der Waals surface area contributed by atoms with E-state index >= 15 is 0 Å². The lowest BCUT2D eigenvalue weighted by atomic mass is 10.0. The first kappa shape index (κ1) is 22.0. The number of sulfonamides is 1. The molecule has 3 aromatic carbocycles. The van der Waals surface area contributed by atoms with Crippen molar-refractivity contribution in [2.24, 2.45) is 0 Å². The molecule has 1 fully saturated rings. The van der Waals surface area contributed by atoms with Gasteiger partial charge in [0, 0.05) is 13.1 Å². The minimum Gasteiger partial charge on any atom is -0.508 e. The summed E-state index contributed by atoms with van der Waals surface area (Å²) in [5.74, 6) is -0.306. The standard InChI is InChI=1S/C24H23NO6S/c26-22-10-8-20(9-11-22)19-4-6-21(7-5-19)24(27)31-17-18-2-1-3-23(16-18)32(28,29)25-12-14-30-15-13-25/h1-11,16,26H,12-15,17H2. The Morgan fingerprint density at radius 3 is 2.22 bits per heavy atom. The number of benzene rings is 3. The van der Waals surface area contributed by atoms with Gasteiger partial charge in [-0.1, -0.05) is 36.4 Å². The first-order valence-electron chi connectivity index (χ1n) is 10.2. The van der Waals surface area contributed by atoms with Gasteiger partial charge in [0.2, 0.25) is 10.0 Å². The second-order valence-corrected chi connectivity index (χ2v) is 9.30. The molecule has 1 saturated heterocycles. The molecule has 0 aromatic heterocycles. The minimum absolute atomic E-state index is 0.0367. The summed E-state index contributed by atoms with van der Waals surface area (Å²) in [6.45, 7) is 1.36. The summed E-state index contributed by atoms with van der Waals surface area (Å²) >= 11 is 0. The molecule has 0 spiro atoms. The molecular formula is C24H23NO6S. The molecular weight excluding hydrogens is 430 g/mol. The van der Waals surface area contributed by atoms with Crippen LogP contribution in [0, 0.1) is 0 Å². The highest BCUT2D eigenvalue weighted by atomic mass is 32.2. The molecule has 0 radical (unpaired) electrons. The lowest BCUT2D eigenvalue weighted by molar-refractivity contribution is 0.0472. The Balaban J connectivity index is 1.41. The van der Waals surface area contributed by atoms with Crippen LogP contribution in [0.2, 0.25) is 0 Å². The van der Waals surface area contributed by atoms with Gasteiger partial charge in [0.05, 0.1) is 23.7 Å². The summed E-state index contributed by atoms with van der Waals surface area (Å²) < 4.78 is 37.6. The molecule has 1 aliphatic rings. The van der Waals surface area contributed by atoms with Crippen molar-refractivity contribution in [1.82, 2.24) is 4.31 Å². The van der Waals surface area contributed by atoms with Crippen LogP contribution in [0.25, 0.3) is 11.1 Å². The lowest BCUT2D eigenvalue weighted by Gasteiger charge is -2.26. The number of morpholine rings is 1. The Bertz CT molecular complexity index is 1180. The van der Waals surface area contributed by atoms with Gasteiger partial charge < -0.3 is 14.6 Å². The number of rotatable bonds is 6. The Morgan fingerprint density at radius 1 is 0.938 bits per heavy atom. The average molecular weight is 454 g/mol. The highest BCUT2D eigenvalue weighted by molar-refractivity contribution is 7.89. The summed E-state index contributed by atoms with van der Waals surface area (Å²) in [5.41, 5.74) is 2.81. The number of hydrogen-bond acceptors (Lipinski definition) is 6. The van der Waals surface area contributed by atoms with Crippen LogP contribution in [-0.4, -0.2) is 50.1 Å². The van der Waals surface area contributed by atoms with E-state index in [0.29, 0.717) is 37.4 Å². The molecule has 8 heteroatoms. The highest BCUT2D eigenvalue weighted by Gasteiger charge is 2.26. The van der Waals surface area contributed by atoms with Gasteiger partial charge in [-0.3, -0.25) is 0 Å². The largest absolute Gasteiger partial charge is 0.508 e. The van der Waals surface area contributed by atoms with E-state index in [1.54, 1.807) is 60.7 Å². The van der Waals surface area contributed by atoms with Gasteiger partial charge in [-0.2, -0.15) is 4.31 Å². The van der Waals surface area contributed by atoms with Crippen LogP contribution in [0.15, 0.2) is 77.7 Å². The van der Waals surface area contributed by atoms with Gasteiger partial charge in [-0.15, -0.1) is 0 Å². The van der Waals surface area contributed by atoms with Crippen LogP contribution < -0.4 is 0 Å². The summed E-state index contributed by atoms with van der Waals surface area (Å²) in [5, 5.41) is 9.40. The molecule has 1 N–H and O–H groups in total. The van der Waals surface area contributed by atoms with E-state index in [0.717, 1.165) is 11.1 Å². The van der Waals surface area contributed by atoms with Crippen molar-refractivity contribution in [3.05, 3.63) is 83.9 Å². The summed E-state index contributed by atoms with van der Waals surface area (Å²) in [6.07, 6.45) is 0. The van der Waals surface area contributed by atoms with Crippen LogP contribution in [0.4, 0.5) is 0 Å². The Labute approximate surface area is 186 Å². The lowest BCUT2D eigenvalue weighted by Crippen LogP contribution is -2.40. The summed E-state index contributed by atoms with van der Waals surface area (Å²) in [6, 6.07) is 20.2. The van der Waals surface area contributed by atoms with E-state index in [-0.39, 0.29) is 17.3 Å². The second-order valence-electron chi connectivity index (χ2n) is 7.36. The van der Waals surface area contributed by atoms with Gasteiger partial charge in [-0.25, -0.2) is 13.2 Å². The zero-order valence-corrected chi connectivity index (χ0v) is 18.1. The van der Waals surface area contributed by atoms with Gasteiger partial charge in [0.25, 0.3) is 0 Å². The van der Waals surface area contributed by atoms with E-state index in [1.165, 1.54) is 16.4 Å². The number of nitrogens with zero attached hydrogens (tertiary/aromatic N) is 1. The highest BCUT2D eigenvalue weighted by Crippen LogP contribution is 2.23. The molecule has 1 heterocycles. The number of aromatic hydroxyl groups is 1. The number of phenolic OH excluding ortho intramolecular Hbond substituents is 1. The maximum absolute atomic E-state index is 12.8. The smallest absolute Gasteiger partial charge is 0.338 e. The maximum Gasteiger partial charge on any atom is 0.338 e. The molecule has 0 bridgehead atoms. The third kappa shape index (κ3) is 4.99. The topological polar surface area (TPSA) is 93.1 Å². The number of esters is 1. The fraction of sp³-hybridized carbons (Fsp3) is 0.208. The monoisotopic (exact) mass is 453 g/mol. The molecule has 0 amide bonds. The normalized spacial score (nSPS) is 14.8. The third-order valence-electron chi connectivity index (χ3n) is 5.20. The van der Waals surface area contributed by atoms with E-state index in [9.17, 15) is 18.3 Å². The quantitative estimate of drug-likeness (QED) is 0.575. The Hall–Kier alpha value is -3.20. The first-order valence-corrected chi connectivity index (χ1v) is 11.6. The van der Waals surface area contributed by atoms with Crippen LogP contribution in [0.1, 0.15) is 15.9 Å². The van der Waals surface area contributed by atoms with Crippen molar-refractivity contribution in [3.63, 3.8) is 0 Å².